The largest absolute Gasteiger partial charge is 0.459 e. The Bertz CT molecular complexity index is 894. The number of piperazine rings is 1. The first kappa shape index (κ1) is 19.6. The van der Waals surface area contributed by atoms with Crippen molar-refractivity contribution in [3.63, 3.8) is 0 Å². The summed E-state index contributed by atoms with van der Waals surface area (Å²) in [5.74, 6) is 1.81. The summed E-state index contributed by atoms with van der Waals surface area (Å²) < 4.78 is 6.02. The molecule has 152 valence electrons. The van der Waals surface area contributed by atoms with E-state index in [-0.39, 0.29) is 0 Å². The van der Waals surface area contributed by atoms with Crippen molar-refractivity contribution in [2.45, 2.75) is 19.9 Å². The van der Waals surface area contributed by atoms with Gasteiger partial charge in [0.25, 0.3) is 0 Å². The summed E-state index contributed by atoms with van der Waals surface area (Å²) >= 11 is 0. The van der Waals surface area contributed by atoms with Crippen molar-refractivity contribution >= 4 is 30.0 Å². The van der Waals surface area contributed by atoms with Crippen molar-refractivity contribution in [3.8, 4) is 0 Å². The normalized spacial score (nSPS) is 18.6. The lowest BCUT2D eigenvalue weighted by atomic mass is 10.1. The standard InChI is InChI=1S/C23H29N5O/c1-17(23(24-2)22-14-18-16-25-9-8-21(18)29-22)15-26-19-4-6-20(7-5-19)28-12-10-27(3)11-13-28/h4-7,14-15,25H,2,8-13,16H2,1,3H3/b23-17-,26-15?. The van der Waals surface area contributed by atoms with Crippen molar-refractivity contribution in [1.29, 1.82) is 0 Å². The molecular weight excluding hydrogens is 362 g/mol. The van der Waals surface area contributed by atoms with Crippen LogP contribution in [0.1, 0.15) is 24.0 Å². The zero-order valence-electron chi connectivity index (χ0n) is 17.3. The van der Waals surface area contributed by atoms with E-state index in [0.717, 1.165) is 74.2 Å². The second kappa shape index (κ2) is 8.76. The molecule has 6 nitrogen and oxygen atoms in total. The minimum Gasteiger partial charge on any atom is -0.459 e. The van der Waals surface area contributed by atoms with Crippen molar-refractivity contribution in [3.05, 3.63) is 53.0 Å². The number of nitrogens with zero attached hydrogens (tertiary/aromatic N) is 4. The van der Waals surface area contributed by atoms with E-state index in [0.29, 0.717) is 0 Å². The summed E-state index contributed by atoms with van der Waals surface area (Å²) in [5.41, 5.74) is 5.07. The van der Waals surface area contributed by atoms with E-state index in [4.69, 9.17) is 4.42 Å². The van der Waals surface area contributed by atoms with Gasteiger partial charge < -0.3 is 19.5 Å². The number of allylic oxidation sites excluding steroid dienone is 1. The van der Waals surface area contributed by atoms with E-state index in [1.54, 1.807) is 0 Å². The summed E-state index contributed by atoms with van der Waals surface area (Å²) in [6, 6.07) is 10.5. The number of hydrogen-bond donors (Lipinski definition) is 1. The Morgan fingerprint density at radius 1 is 1.17 bits per heavy atom. The molecule has 0 saturated carbocycles. The van der Waals surface area contributed by atoms with Gasteiger partial charge in [-0.2, -0.15) is 0 Å². The second-order valence-electron chi connectivity index (χ2n) is 7.74. The van der Waals surface area contributed by atoms with Crippen LogP contribution in [0.3, 0.4) is 0 Å². The van der Waals surface area contributed by atoms with E-state index >= 15 is 0 Å². The van der Waals surface area contributed by atoms with E-state index in [2.05, 4.69) is 69.2 Å². The van der Waals surface area contributed by atoms with Gasteiger partial charge in [0.15, 0.2) is 5.76 Å². The number of aliphatic imine (C=N–C) groups is 2. The van der Waals surface area contributed by atoms with Gasteiger partial charge in [-0.25, -0.2) is 0 Å². The maximum atomic E-state index is 6.02. The summed E-state index contributed by atoms with van der Waals surface area (Å²) in [5, 5.41) is 3.36. The molecule has 29 heavy (non-hydrogen) atoms. The quantitative estimate of drug-likeness (QED) is 0.793. The number of fused-ring (bicyclic) bond motifs is 1. The predicted molar refractivity (Wildman–Crippen MR) is 121 cm³/mol. The smallest absolute Gasteiger partial charge is 0.153 e. The Hall–Kier alpha value is -2.70. The molecule has 1 N–H and O–H groups in total. The average molecular weight is 392 g/mol. The highest BCUT2D eigenvalue weighted by Gasteiger charge is 2.17. The highest BCUT2D eigenvalue weighted by Crippen LogP contribution is 2.27. The molecule has 1 fully saturated rings. The molecule has 0 amide bonds. The van der Waals surface area contributed by atoms with Gasteiger partial charge in [-0.05, 0) is 56.6 Å². The number of furan rings is 1. The minimum absolute atomic E-state index is 0.747. The third-order valence-corrected chi connectivity index (χ3v) is 5.63. The van der Waals surface area contributed by atoms with Crippen LogP contribution >= 0.6 is 0 Å². The van der Waals surface area contributed by atoms with Crippen LogP contribution in [-0.4, -0.2) is 57.6 Å². The van der Waals surface area contributed by atoms with E-state index in [9.17, 15) is 0 Å². The molecule has 0 atom stereocenters. The van der Waals surface area contributed by atoms with E-state index in [1.165, 1.54) is 11.3 Å². The highest BCUT2D eigenvalue weighted by atomic mass is 16.3. The lowest BCUT2D eigenvalue weighted by Crippen LogP contribution is -2.44. The van der Waals surface area contributed by atoms with Gasteiger partial charge in [0, 0.05) is 63.2 Å². The first-order valence-corrected chi connectivity index (χ1v) is 10.2. The van der Waals surface area contributed by atoms with Crippen molar-refractivity contribution in [2.24, 2.45) is 9.98 Å². The topological polar surface area (TPSA) is 56.4 Å². The Kier molecular flexibility index (Phi) is 5.92. The van der Waals surface area contributed by atoms with Crippen LogP contribution in [0.15, 0.2) is 50.3 Å². The van der Waals surface area contributed by atoms with Gasteiger partial charge >= 0.3 is 0 Å². The van der Waals surface area contributed by atoms with E-state index < -0.39 is 0 Å². The molecule has 0 radical (unpaired) electrons. The van der Waals surface area contributed by atoms with Crippen molar-refractivity contribution < 1.29 is 4.42 Å². The van der Waals surface area contributed by atoms with Crippen LogP contribution in [-0.2, 0) is 13.0 Å². The molecule has 6 heteroatoms. The minimum atomic E-state index is 0.747. The fourth-order valence-electron chi connectivity index (χ4n) is 3.81. The van der Waals surface area contributed by atoms with Gasteiger partial charge in [-0.1, -0.05) is 0 Å². The summed E-state index contributed by atoms with van der Waals surface area (Å²) in [4.78, 5) is 13.6. The number of anilines is 1. The zero-order valence-corrected chi connectivity index (χ0v) is 17.3. The molecule has 2 aliphatic rings. The fourth-order valence-corrected chi connectivity index (χ4v) is 3.81. The Morgan fingerprint density at radius 2 is 1.93 bits per heavy atom. The van der Waals surface area contributed by atoms with Gasteiger partial charge in [0.2, 0.25) is 0 Å². The molecule has 0 unspecified atom stereocenters. The van der Waals surface area contributed by atoms with Gasteiger partial charge in [0.1, 0.15) is 11.5 Å². The van der Waals surface area contributed by atoms with Crippen LogP contribution in [0.2, 0.25) is 0 Å². The maximum Gasteiger partial charge on any atom is 0.153 e. The van der Waals surface area contributed by atoms with Crippen LogP contribution in [0, 0.1) is 0 Å². The van der Waals surface area contributed by atoms with Crippen LogP contribution in [0.25, 0.3) is 5.70 Å². The number of likely N-dealkylation sites (N-methyl/N-ethyl adjacent to an activating group) is 1. The predicted octanol–water partition coefficient (Wildman–Crippen LogP) is 3.51. The lowest BCUT2D eigenvalue weighted by Gasteiger charge is -2.34. The number of benzene rings is 1. The molecule has 1 saturated heterocycles. The number of hydrogen-bond acceptors (Lipinski definition) is 6. The third-order valence-electron chi connectivity index (χ3n) is 5.63. The molecule has 2 aromatic rings. The number of nitrogens with one attached hydrogen (secondary N) is 1. The highest BCUT2D eigenvalue weighted by molar-refractivity contribution is 5.91. The summed E-state index contributed by atoms with van der Waals surface area (Å²) in [6.45, 7) is 11.9. The van der Waals surface area contributed by atoms with Crippen molar-refractivity contribution in [1.82, 2.24) is 10.2 Å². The zero-order chi connectivity index (χ0) is 20.2. The molecular formula is C23H29N5O. The molecule has 1 aromatic heterocycles. The van der Waals surface area contributed by atoms with Crippen LogP contribution < -0.4 is 10.2 Å². The van der Waals surface area contributed by atoms with Crippen molar-refractivity contribution in [2.75, 3.05) is 44.7 Å². The monoisotopic (exact) mass is 391 g/mol. The van der Waals surface area contributed by atoms with Crippen LogP contribution in [0.4, 0.5) is 11.4 Å². The fraction of sp³-hybridized carbons (Fsp3) is 0.391. The molecule has 4 rings (SSSR count). The third kappa shape index (κ3) is 4.49. The van der Waals surface area contributed by atoms with Gasteiger partial charge in [-0.3, -0.25) is 9.98 Å². The first-order chi connectivity index (χ1) is 14.1. The molecule has 1 aromatic carbocycles. The Labute approximate surface area is 172 Å². The molecule has 0 spiro atoms. The second-order valence-corrected chi connectivity index (χ2v) is 7.74. The maximum absolute atomic E-state index is 6.02. The SMILES string of the molecule is C=N/C(=C(/C)C=Nc1ccc(N2CCN(C)CC2)cc1)c1cc2c(o1)CCNC2. The summed E-state index contributed by atoms with van der Waals surface area (Å²) in [7, 11) is 2.17. The number of rotatable bonds is 5. The van der Waals surface area contributed by atoms with Crippen LogP contribution in [0.5, 0.6) is 0 Å². The molecule has 3 heterocycles. The molecule has 0 bridgehead atoms. The lowest BCUT2D eigenvalue weighted by molar-refractivity contribution is 0.313. The summed E-state index contributed by atoms with van der Waals surface area (Å²) in [6.07, 6.45) is 2.75. The molecule has 0 aliphatic carbocycles. The van der Waals surface area contributed by atoms with Gasteiger partial charge in [0.05, 0.1) is 5.69 Å². The average Bonchev–Trinajstić information content (AvgIpc) is 3.17. The molecule has 2 aliphatic heterocycles. The first-order valence-electron chi connectivity index (χ1n) is 10.2. The Balaban J connectivity index is 1.48. The Morgan fingerprint density at radius 3 is 2.62 bits per heavy atom. The van der Waals surface area contributed by atoms with Gasteiger partial charge in [-0.15, -0.1) is 0 Å². The van der Waals surface area contributed by atoms with E-state index in [1.807, 2.05) is 13.1 Å².